The standard InChI is InChI=1S/C7H13NO4/c8-5-3(7(11)12)1-2-4(9)6(5)10/h3-6,9-10H,1-2,8H2,(H,11,12)/t3-,4-,5-,6-/m0/s1. The van der Waals surface area contributed by atoms with Crippen LogP contribution in [0.1, 0.15) is 12.8 Å². The topological polar surface area (TPSA) is 104 Å². The molecule has 70 valence electrons. The van der Waals surface area contributed by atoms with Gasteiger partial charge in [0.1, 0.15) is 0 Å². The van der Waals surface area contributed by atoms with E-state index in [9.17, 15) is 9.90 Å². The summed E-state index contributed by atoms with van der Waals surface area (Å²) in [5.74, 6) is -1.74. The molecule has 4 atom stereocenters. The Morgan fingerprint density at radius 2 is 1.92 bits per heavy atom. The minimum Gasteiger partial charge on any atom is -0.481 e. The van der Waals surface area contributed by atoms with Crippen molar-refractivity contribution in [2.45, 2.75) is 31.1 Å². The lowest BCUT2D eigenvalue weighted by Gasteiger charge is -2.33. The molecule has 0 radical (unpaired) electrons. The molecule has 1 saturated carbocycles. The predicted octanol–water partition coefficient (Wildman–Crippen LogP) is -1.47. The summed E-state index contributed by atoms with van der Waals surface area (Å²) >= 11 is 0. The van der Waals surface area contributed by atoms with E-state index in [1.165, 1.54) is 0 Å². The smallest absolute Gasteiger partial charge is 0.308 e. The van der Waals surface area contributed by atoms with Crippen LogP contribution in [-0.2, 0) is 4.79 Å². The molecular weight excluding hydrogens is 162 g/mol. The number of rotatable bonds is 1. The Morgan fingerprint density at radius 1 is 1.33 bits per heavy atom. The van der Waals surface area contributed by atoms with E-state index < -0.39 is 30.1 Å². The molecule has 0 aliphatic heterocycles. The van der Waals surface area contributed by atoms with E-state index in [-0.39, 0.29) is 0 Å². The second-order valence-electron chi connectivity index (χ2n) is 3.16. The largest absolute Gasteiger partial charge is 0.481 e. The maximum atomic E-state index is 10.5. The first kappa shape index (κ1) is 9.44. The van der Waals surface area contributed by atoms with Gasteiger partial charge in [0.05, 0.1) is 18.1 Å². The Kier molecular flexibility index (Phi) is 2.66. The fourth-order valence-electron chi connectivity index (χ4n) is 1.50. The molecule has 0 aromatic carbocycles. The van der Waals surface area contributed by atoms with Crippen molar-refractivity contribution in [3.8, 4) is 0 Å². The lowest BCUT2D eigenvalue weighted by Crippen LogP contribution is -2.53. The highest BCUT2D eigenvalue weighted by Crippen LogP contribution is 2.23. The van der Waals surface area contributed by atoms with E-state index in [4.69, 9.17) is 15.9 Å². The Balaban J connectivity index is 2.65. The van der Waals surface area contributed by atoms with Crippen LogP contribution in [0.3, 0.4) is 0 Å². The van der Waals surface area contributed by atoms with Crippen molar-refractivity contribution in [2.24, 2.45) is 11.7 Å². The molecule has 0 aromatic rings. The first-order valence-corrected chi connectivity index (χ1v) is 3.88. The molecule has 0 bridgehead atoms. The van der Waals surface area contributed by atoms with E-state index in [1.54, 1.807) is 0 Å². The fraction of sp³-hybridized carbons (Fsp3) is 0.857. The zero-order valence-corrected chi connectivity index (χ0v) is 6.55. The third-order valence-electron chi connectivity index (χ3n) is 2.34. The predicted molar refractivity (Wildman–Crippen MR) is 40.3 cm³/mol. The molecule has 5 heteroatoms. The normalized spacial score (nSPS) is 42.6. The second-order valence-corrected chi connectivity index (χ2v) is 3.16. The first-order chi connectivity index (χ1) is 5.54. The number of hydrogen-bond donors (Lipinski definition) is 4. The summed E-state index contributed by atoms with van der Waals surface area (Å²) in [4.78, 5) is 10.5. The van der Waals surface area contributed by atoms with Gasteiger partial charge >= 0.3 is 5.97 Å². The molecule has 5 N–H and O–H groups in total. The van der Waals surface area contributed by atoms with Crippen LogP contribution in [0.2, 0.25) is 0 Å². The van der Waals surface area contributed by atoms with Gasteiger partial charge in [-0.15, -0.1) is 0 Å². The van der Waals surface area contributed by atoms with Crippen molar-refractivity contribution in [1.82, 2.24) is 0 Å². The Labute approximate surface area is 69.8 Å². The molecule has 12 heavy (non-hydrogen) atoms. The van der Waals surface area contributed by atoms with Crippen LogP contribution in [-0.4, -0.2) is 39.5 Å². The van der Waals surface area contributed by atoms with Gasteiger partial charge in [0.25, 0.3) is 0 Å². The molecule has 1 rings (SSSR count). The number of hydrogen-bond acceptors (Lipinski definition) is 4. The minimum atomic E-state index is -1.11. The fourth-order valence-corrected chi connectivity index (χ4v) is 1.50. The van der Waals surface area contributed by atoms with E-state index in [0.29, 0.717) is 12.8 Å². The number of nitrogens with two attached hydrogens (primary N) is 1. The zero-order valence-electron chi connectivity index (χ0n) is 6.55. The molecule has 0 unspecified atom stereocenters. The van der Waals surface area contributed by atoms with Gasteiger partial charge in [-0.3, -0.25) is 4.79 Å². The molecule has 0 aromatic heterocycles. The van der Waals surface area contributed by atoms with Crippen LogP contribution in [0.5, 0.6) is 0 Å². The lowest BCUT2D eigenvalue weighted by atomic mass is 9.81. The van der Waals surface area contributed by atoms with Crippen LogP contribution in [0.25, 0.3) is 0 Å². The van der Waals surface area contributed by atoms with Crippen LogP contribution < -0.4 is 5.73 Å². The molecule has 1 aliphatic carbocycles. The van der Waals surface area contributed by atoms with Crippen molar-refractivity contribution in [3.63, 3.8) is 0 Å². The van der Waals surface area contributed by atoms with E-state index in [2.05, 4.69) is 0 Å². The van der Waals surface area contributed by atoms with Gasteiger partial charge in [0.15, 0.2) is 0 Å². The van der Waals surface area contributed by atoms with Crippen LogP contribution in [0.15, 0.2) is 0 Å². The second kappa shape index (κ2) is 3.38. The molecule has 0 heterocycles. The number of carboxylic acid groups (broad SMARTS) is 1. The summed E-state index contributed by atoms with van der Waals surface area (Å²) in [6.07, 6.45) is -1.36. The average Bonchev–Trinajstić information content (AvgIpc) is 2.00. The average molecular weight is 175 g/mol. The molecular formula is C7H13NO4. The SMILES string of the molecule is N[C@@H]1[C@@H](O)[C@@H](O)CC[C@@H]1C(=O)O. The number of carbonyl (C=O) groups is 1. The quantitative estimate of drug-likeness (QED) is 0.389. The Bertz CT molecular complexity index is 184. The summed E-state index contributed by atoms with van der Waals surface area (Å²) in [5.41, 5.74) is 5.42. The molecule has 0 spiro atoms. The first-order valence-electron chi connectivity index (χ1n) is 3.88. The van der Waals surface area contributed by atoms with Crippen molar-refractivity contribution in [2.75, 3.05) is 0 Å². The highest BCUT2D eigenvalue weighted by Gasteiger charge is 2.38. The minimum absolute atomic E-state index is 0.297. The number of aliphatic hydroxyl groups excluding tert-OH is 2. The van der Waals surface area contributed by atoms with Gasteiger partial charge in [0, 0.05) is 6.04 Å². The molecule has 1 aliphatic rings. The van der Waals surface area contributed by atoms with Crippen molar-refractivity contribution < 1.29 is 20.1 Å². The van der Waals surface area contributed by atoms with Gasteiger partial charge in [0.2, 0.25) is 0 Å². The van der Waals surface area contributed by atoms with Gasteiger partial charge in [-0.05, 0) is 12.8 Å². The van der Waals surface area contributed by atoms with Crippen molar-refractivity contribution >= 4 is 5.97 Å². The Hall–Kier alpha value is -0.650. The summed E-state index contributed by atoms with van der Waals surface area (Å²) in [5, 5.41) is 27.0. The van der Waals surface area contributed by atoms with E-state index in [0.717, 1.165) is 0 Å². The summed E-state index contributed by atoms with van der Waals surface area (Å²) in [7, 11) is 0. The van der Waals surface area contributed by atoms with Gasteiger partial charge < -0.3 is 21.1 Å². The van der Waals surface area contributed by atoms with Crippen LogP contribution >= 0.6 is 0 Å². The van der Waals surface area contributed by atoms with Gasteiger partial charge in [-0.25, -0.2) is 0 Å². The van der Waals surface area contributed by atoms with Crippen molar-refractivity contribution in [1.29, 1.82) is 0 Å². The molecule has 5 nitrogen and oxygen atoms in total. The summed E-state index contributed by atoms with van der Waals surface area (Å²) in [6, 6.07) is -0.855. The highest BCUT2D eigenvalue weighted by atomic mass is 16.4. The van der Waals surface area contributed by atoms with Gasteiger partial charge in [-0.1, -0.05) is 0 Å². The van der Waals surface area contributed by atoms with E-state index in [1.807, 2.05) is 0 Å². The maximum Gasteiger partial charge on any atom is 0.308 e. The highest BCUT2D eigenvalue weighted by molar-refractivity contribution is 5.71. The number of aliphatic hydroxyl groups is 2. The lowest BCUT2D eigenvalue weighted by molar-refractivity contribution is -0.147. The summed E-state index contributed by atoms with van der Waals surface area (Å²) in [6.45, 7) is 0. The third kappa shape index (κ3) is 1.57. The van der Waals surface area contributed by atoms with Crippen LogP contribution in [0.4, 0.5) is 0 Å². The van der Waals surface area contributed by atoms with Crippen molar-refractivity contribution in [3.05, 3.63) is 0 Å². The summed E-state index contributed by atoms with van der Waals surface area (Å²) < 4.78 is 0. The molecule has 0 amide bonds. The zero-order chi connectivity index (χ0) is 9.30. The monoisotopic (exact) mass is 175 g/mol. The maximum absolute atomic E-state index is 10.5. The van der Waals surface area contributed by atoms with Crippen LogP contribution in [0, 0.1) is 5.92 Å². The number of carboxylic acids is 1. The number of aliphatic carboxylic acids is 1. The molecule has 0 saturated heterocycles. The third-order valence-corrected chi connectivity index (χ3v) is 2.34. The Morgan fingerprint density at radius 3 is 2.42 bits per heavy atom. The molecule has 1 fully saturated rings. The van der Waals surface area contributed by atoms with E-state index >= 15 is 0 Å². The van der Waals surface area contributed by atoms with Gasteiger partial charge in [-0.2, -0.15) is 0 Å².